The summed E-state index contributed by atoms with van der Waals surface area (Å²) in [6.07, 6.45) is 3.89. The quantitative estimate of drug-likeness (QED) is 0.405. The van der Waals surface area contributed by atoms with E-state index in [0.717, 1.165) is 24.8 Å². The van der Waals surface area contributed by atoms with Crippen LogP contribution < -0.4 is 10.6 Å². The molecule has 7 atom stereocenters. The van der Waals surface area contributed by atoms with Gasteiger partial charge in [-0.05, 0) is 44.1 Å². The summed E-state index contributed by atoms with van der Waals surface area (Å²) >= 11 is 1.71. The van der Waals surface area contributed by atoms with Gasteiger partial charge < -0.3 is 20.6 Å². The lowest BCUT2D eigenvalue weighted by atomic mass is 9.66. The number of aliphatic hydroxyl groups is 1. The second-order valence-corrected chi connectivity index (χ2v) is 12.0. The number of carbonyl (C=O) groups excluding carboxylic acids is 3. The lowest BCUT2D eigenvalue weighted by Gasteiger charge is -2.39. The van der Waals surface area contributed by atoms with E-state index in [1.165, 1.54) is 0 Å². The van der Waals surface area contributed by atoms with E-state index in [4.69, 9.17) is 0 Å². The van der Waals surface area contributed by atoms with E-state index in [9.17, 15) is 19.5 Å². The molecule has 8 heteroatoms. The minimum absolute atomic E-state index is 0.0289. The third-order valence-electron chi connectivity index (χ3n) is 8.02. The highest BCUT2D eigenvalue weighted by molar-refractivity contribution is 8.02. The van der Waals surface area contributed by atoms with Crippen molar-refractivity contribution in [3.8, 4) is 0 Å². The fraction of sp³-hybridized carbons (Fsp3) is 0.667. The van der Waals surface area contributed by atoms with Gasteiger partial charge in [-0.3, -0.25) is 14.4 Å². The summed E-state index contributed by atoms with van der Waals surface area (Å²) in [7, 11) is 0. The fourth-order valence-corrected chi connectivity index (χ4v) is 8.91. The van der Waals surface area contributed by atoms with Crippen LogP contribution in [0, 0.1) is 17.8 Å². The number of carbonyl (C=O) groups is 3. The lowest BCUT2D eigenvalue weighted by molar-refractivity contribution is -0.140. The zero-order chi connectivity index (χ0) is 25.2. The average molecular weight is 502 g/mol. The van der Waals surface area contributed by atoms with Gasteiger partial charge in [0.1, 0.15) is 6.04 Å². The first-order valence-corrected chi connectivity index (χ1v) is 13.9. The van der Waals surface area contributed by atoms with E-state index in [1.807, 2.05) is 37.3 Å². The van der Waals surface area contributed by atoms with Gasteiger partial charge in [-0.25, -0.2) is 0 Å². The van der Waals surface area contributed by atoms with Crippen molar-refractivity contribution < 1.29 is 19.5 Å². The molecule has 0 radical (unpaired) electrons. The molecule has 3 N–H and O–H groups in total. The molecule has 3 aliphatic heterocycles. The van der Waals surface area contributed by atoms with Gasteiger partial charge in [0.05, 0.1) is 16.6 Å². The van der Waals surface area contributed by atoms with E-state index in [-0.39, 0.29) is 41.5 Å². The number of likely N-dealkylation sites (tertiary alicyclic amines) is 1. The Labute approximate surface area is 212 Å². The van der Waals surface area contributed by atoms with Crippen LogP contribution in [0.5, 0.6) is 0 Å². The molecule has 3 heterocycles. The summed E-state index contributed by atoms with van der Waals surface area (Å²) in [5.41, 5.74) is 1.02. The Morgan fingerprint density at radius 1 is 1.23 bits per heavy atom. The number of nitrogens with zero attached hydrogens (tertiary/aromatic N) is 1. The summed E-state index contributed by atoms with van der Waals surface area (Å²) in [4.78, 5) is 42.8. The first-order valence-electron chi connectivity index (χ1n) is 13.1. The summed E-state index contributed by atoms with van der Waals surface area (Å²) in [6.45, 7) is 7.14. The predicted molar refractivity (Wildman–Crippen MR) is 137 cm³/mol. The van der Waals surface area contributed by atoms with Crippen LogP contribution in [-0.4, -0.2) is 63.0 Å². The Hall–Kier alpha value is -2.06. The maximum absolute atomic E-state index is 13.9. The van der Waals surface area contributed by atoms with Gasteiger partial charge in [0, 0.05) is 31.0 Å². The molecule has 0 aliphatic carbocycles. The summed E-state index contributed by atoms with van der Waals surface area (Å²) in [6, 6.07) is 9.22. The highest BCUT2D eigenvalue weighted by Crippen LogP contribution is 2.68. The molecule has 192 valence electrons. The smallest absolute Gasteiger partial charge is 0.244 e. The van der Waals surface area contributed by atoms with E-state index >= 15 is 0 Å². The summed E-state index contributed by atoms with van der Waals surface area (Å²) < 4.78 is -0.592. The van der Waals surface area contributed by atoms with E-state index in [2.05, 4.69) is 24.5 Å². The summed E-state index contributed by atoms with van der Waals surface area (Å²) in [5, 5.41) is 15.6. The molecule has 1 aromatic carbocycles. The van der Waals surface area contributed by atoms with Crippen molar-refractivity contribution in [1.82, 2.24) is 15.5 Å². The minimum atomic E-state index is -0.592. The fourth-order valence-electron chi connectivity index (χ4n) is 6.48. The van der Waals surface area contributed by atoms with Crippen LogP contribution in [-0.2, 0) is 20.9 Å². The third-order valence-corrected chi connectivity index (χ3v) is 10.1. The molecule has 4 rings (SSSR count). The van der Waals surface area contributed by atoms with Gasteiger partial charge in [0.25, 0.3) is 0 Å². The van der Waals surface area contributed by atoms with Gasteiger partial charge in [-0.1, -0.05) is 50.6 Å². The van der Waals surface area contributed by atoms with Crippen molar-refractivity contribution in [2.45, 2.75) is 81.5 Å². The van der Waals surface area contributed by atoms with Crippen molar-refractivity contribution in [1.29, 1.82) is 0 Å². The molecular weight excluding hydrogens is 462 g/mol. The zero-order valence-corrected chi connectivity index (χ0v) is 21.9. The Balaban J connectivity index is 1.61. The minimum Gasteiger partial charge on any atom is -0.396 e. The van der Waals surface area contributed by atoms with Gasteiger partial charge >= 0.3 is 0 Å². The number of nitrogens with one attached hydrogen (secondary N) is 2. The maximum atomic E-state index is 13.9. The number of hydrogen-bond donors (Lipinski definition) is 3. The standard InChI is InChI=1S/C27H39N3O4S/c1-4-10-18(3)29-25(33)23-27-17(2)15-20(35-27)21(22(27)26(34)30(23)13-8-9-14-31)24(32)28-16-19-11-6-5-7-12-19/h5-7,11-12,17-18,20-23,31H,4,8-10,13-16H2,1-3H3,(H,28,32)(H,29,33)/t17?,18?,20-,21+,22+,23?,27?/m1/s1. The first kappa shape index (κ1) is 26.0. The normalized spacial score (nSPS) is 31.9. The maximum Gasteiger partial charge on any atom is 0.244 e. The molecule has 4 unspecified atom stereocenters. The second-order valence-electron chi connectivity index (χ2n) is 10.4. The van der Waals surface area contributed by atoms with Crippen LogP contribution in [0.2, 0.25) is 0 Å². The Morgan fingerprint density at radius 2 is 1.97 bits per heavy atom. The molecule has 0 aromatic heterocycles. The number of rotatable bonds is 11. The van der Waals surface area contributed by atoms with Gasteiger partial charge in [0.2, 0.25) is 17.7 Å². The van der Waals surface area contributed by atoms with E-state index in [0.29, 0.717) is 25.9 Å². The molecule has 3 saturated heterocycles. The number of aliphatic hydroxyl groups excluding tert-OH is 1. The molecule has 3 amide bonds. The molecule has 2 bridgehead atoms. The third kappa shape index (κ3) is 4.71. The Morgan fingerprint density at radius 3 is 2.66 bits per heavy atom. The lowest BCUT2D eigenvalue weighted by Crippen LogP contribution is -2.57. The SMILES string of the molecule is CCCC(C)NC(=O)C1N(CCCCO)C(=O)[C@@H]2[C@@H](C(=O)NCc3ccccc3)[C@H]3CC(C)C12S3. The molecule has 35 heavy (non-hydrogen) atoms. The van der Waals surface area contributed by atoms with Crippen molar-refractivity contribution in [3.63, 3.8) is 0 Å². The van der Waals surface area contributed by atoms with Crippen LogP contribution in [0.25, 0.3) is 0 Å². The highest BCUT2D eigenvalue weighted by atomic mass is 32.2. The number of benzene rings is 1. The van der Waals surface area contributed by atoms with Crippen LogP contribution in [0.3, 0.4) is 0 Å². The van der Waals surface area contributed by atoms with Crippen LogP contribution in [0.15, 0.2) is 30.3 Å². The molecular formula is C27H39N3O4S. The first-order chi connectivity index (χ1) is 16.8. The van der Waals surface area contributed by atoms with Crippen LogP contribution in [0.1, 0.15) is 58.4 Å². The molecule has 7 nitrogen and oxygen atoms in total. The van der Waals surface area contributed by atoms with Crippen LogP contribution >= 0.6 is 11.8 Å². The topological polar surface area (TPSA) is 98.7 Å². The molecule has 3 aliphatic rings. The van der Waals surface area contributed by atoms with Crippen molar-refractivity contribution >= 4 is 29.5 Å². The second kappa shape index (κ2) is 10.9. The Bertz CT molecular complexity index is 928. The van der Waals surface area contributed by atoms with Gasteiger partial charge in [-0.15, -0.1) is 11.8 Å². The van der Waals surface area contributed by atoms with Gasteiger partial charge in [-0.2, -0.15) is 0 Å². The molecule has 0 saturated carbocycles. The van der Waals surface area contributed by atoms with Crippen molar-refractivity contribution in [3.05, 3.63) is 35.9 Å². The number of fused-ring (bicyclic) bond motifs is 1. The molecule has 1 spiro atoms. The Kier molecular flexibility index (Phi) is 8.11. The van der Waals surface area contributed by atoms with Gasteiger partial charge in [0.15, 0.2) is 0 Å². The summed E-state index contributed by atoms with van der Waals surface area (Å²) in [5.74, 6) is -1.04. The zero-order valence-electron chi connectivity index (χ0n) is 21.0. The highest BCUT2D eigenvalue weighted by Gasteiger charge is 2.75. The monoisotopic (exact) mass is 501 g/mol. The van der Waals surface area contributed by atoms with Crippen molar-refractivity contribution in [2.24, 2.45) is 17.8 Å². The van der Waals surface area contributed by atoms with E-state index < -0.39 is 22.6 Å². The molecule has 1 aromatic rings. The number of unbranched alkanes of at least 4 members (excludes halogenated alkanes) is 1. The molecule has 3 fully saturated rings. The predicted octanol–water partition coefficient (Wildman–Crippen LogP) is 2.72. The van der Waals surface area contributed by atoms with E-state index in [1.54, 1.807) is 16.7 Å². The number of amides is 3. The largest absolute Gasteiger partial charge is 0.396 e. The number of hydrogen-bond acceptors (Lipinski definition) is 5. The van der Waals surface area contributed by atoms with Crippen LogP contribution in [0.4, 0.5) is 0 Å². The number of thioether (sulfide) groups is 1. The average Bonchev–Trinajstić information content (AvgIpc) is 3.42. The van der Waals surface area contributed by atoms with Crippen molar-refractivity contribution in [2.75, 3.05) is 13.2 Å².